The molecule has 20 heavy (non-hydrogen) atoms. The predicted molar refractivity (Wildman–Crippen MR) is 81.8 cm³/mol. The lowest BCUT2D eigenvalue weighted by molar-refractivity contribution is -0.115. The van der Waals surface area contributed by atoms with Gasteiger partial charge in [-0.25, -0.2) is 0 Å². The Morgan fingerprint density at radius 1 is 1.15 bits per heavy atom. The maximum atomic E-state index is 12.0. The first-order chi connectivity index (χ1) is 9.58. The number of anilines is 1. The van der Waals surface area contributed by atoms with Gasteiger partial charge in [-0.3, -0.25) is 4.79 Å². The minimum atomic E-state index is -0.153. The second-order valence-electron chi connectivity index (χ2n) is 4.20. The SMILES string of the molecule is COc1ccc(CC(=O)Nc2cc(Cl)ccc2Cl)cc1. The van der Waals surface area contributed by atoms with Gasteiger partial charge in [0.15, 0.2) is 0 Å². The number of halogens is 2. The van der Waals surface area contributed by atoms with Gasteiger partial charge in [-0.1, -0.05) is 35.3 Å². The Kier molecular flexibility index (Phi) is 4.88. The summed E-state index contributed by atoms with van der Waals surface area (Å²) < 4.78 is 5.07. The average molecular weight is 310 g/mol. The monoisotopic (exact) mass is 309 g/mol. The van der Waals surface area contributed by atoms with E-state index in [4.69, 9.17) is 27.9 Å². The van der Waals surface area contributed by atoms with Crippen molar-refractivity contribution in [1.82, 2.24) is 0 Å². The summed E-state index contributed by atoms with van der Waals surface area (Å²) in [7, 11) is 1.60. The molecule has 0 aromatic heterocycles. The van der Waals surface area contributed by atoms with Crippen LogP contribution >= 0.6 is 23.2 Å². The normalized spacial score (nSPS) is 10.2. The smallest absolute Gasteiger partial charge is 0.228 e. The topological polar surface area (TPSA) is 38.3 Å². The average Bonchev–Trinajstić information content (AvgIpc) is 2.43. The number of hydrogen-bond acceptors (Lipinski definition) is 2. The van der Waals surface area contributed by atoms with Crippen LogP contribution in [-0.2, 0) is 11.2 Å². The molecule has 0 aliphatic carbocycles. The Labute approximate surface area is 127 Å². The van der Waals surface area contributed by atoms with Crippen LogP contribution in [0.3, 0.4) is 0 Å². The molecule has 0 saturated carbocycles. The van der Waals surface area contributed by atoms with Crippen molar-refractivity contribution in [2.75, 3.05) is 12.4 Å². The van der Waals surface area contributed by atoms with Gasteiger partial charge < -0.3 is 10.1 Å². The molecule has 0 aliphatic rings. The van der Waals surface area contributed by atoms with E-state index in [1.165, 1.54) is 0 Å². The highest BCUT2D eigenvalue weighted by molar-refractivity contribution is 6.35. The number of hydrogen-bond donors (Lipinski definition) is 1. The molecule has 104 valence electrons. The van der Waals surface area contributed by atoms with Crippen LogP contribution in [0.15, 0.2) is 42.5 Å². The number of nitrogens with one attached hydrogen (secondary N) is 1. The minimum absolute atomic E-state index is 0.153. The number of carbonyl (C=O) groups excluding carboxylic acids is 1. The van der Waals surface area contributed by atoms with Crippen molar-refractivity contribution in [3.8, 4) is 5.75 Å². The van der Waals surface area contributed by atoms with E-state index in [2.05, 4.69) is 5.32 Å². The van der Waals surface area contributed by atoms with Gasteiger partial charge in [0.25, 0.3) is 0 Å². The first-order valence-electron chi connectivity index (χ1n) is 5.96. The van der Waals surface area contributed by atoms with E-state index in [-0.39, 0.29) is 12.3 Å². The Hall–Kier alpha value is -1.71. The molecule has 5 heteroatoms. The Balaban J connectivity index is 2.03. The van der Waals surface area contributed by atoms with Gasteiger partial charge in [0.1, 0.15) is 5.75 Å². The molecule has 2 aromatic carbocycles. The van der Waals surface area contributed by atoms with Crippen molar-refractivity contribution in [3.05, 3.63) is 58.1 Å². The molecule has 0 radical (unpaired) electrons. The summed E-state index contributed by atoms with van der Waals surface area (Å²) in [6.07, 6.45) is 0.257. The lowest BCUT2D eigenvalue weighted by Gasteiger charge is -2.08. The molecule has 2 rings (SSSR count). The van der Waals surface area contributed by atoms with Crippen LogP contribution in [0.5, 0.6) is 5.75 Å². The molecule has 1 amide bonds. The lowest BCUT2D eigenvalue weighted by atomic mass is 10.1. The molecule has 0 atom stereocenters. The van der Waals surface area contributed by atoms with E-state index < -0.39 is 0 Å². The van der Waals surface area contributed by atoms with Crippen molar-refractivity contribution in [1.29, 1.82) is 0 Å². The molecule has 2 aromatic rings. The van der Waals surface area contributed by atoms with E-state index in [0.717, 1.165) is 11.3 Å². The summed E-state index contributed by atoms with van der Waals surface area (Å²) in [6, 6.07) is 12.3. The fourth-order valence-corrected chi connectivity index (χ4v) is 2.05. The van der Waals surface area contributed by atoms with Crippen molar-refractivity contribution in [2.45, 2.75) is 6.42 Å². The third-order valence-electron chi connectivity index (χ3n) is 2.73. The number of rotatable bonds is 4. The van der Waals surface area contributed by atoms with Gasteiger partial charge in [-0.15, -0.1) is 0 Å². The maximum absolute atomic E-state index is 12.0. The molecule has 0 aliphatic heterocycles. The van der Waals surface area contributed by atoms with Gasteiger partial charge >= 0.3 is 0 Å². The Morgan fingerprint density at radius 3 is 2.50 bits per heavy atom. The molecule has 0 spiro atoms. The largest absolute Gasteiger partial charge is 0.497 e. The zero-order valence-corrected chi connectivity index (χ0v) is 12.3. The third-order valence-corrected chi connectivity index (χ3v) is 3.29. The van der Waals surface area contributed by atoms with Gasteiger partial charge in [-0.2, -0.15) is 0 Å². The molecule has 0 heterocycles. The summed E-state index contributed by atoms with van der Waals surface area (Å²) >= 11 is 11.9. The highest BCUT2D eigenvalue weighted by atomic mass is 35.5. The highest BCUT2D eigenvalue weighted by Crippen LogP contribution is 2.25. The second kappa shape index (κ2) is 6.64. The summed E-state index contributed by atoms with van der Waals surface area (Å²) in [5, 5.41) is 3.72. The van der Waals surface area contributed by atoms with E-state index in [0.29, 0.717) is 15.7 Å². The zero-order chi connectivity index (χ0) is 14.5. The summed E-state index contributed by atoms with van der Waals surface area (Å²) in [4.78, 5) is 12.0. The van der Waals surface area contributed by atoms with Gasteiger partial charge in [0, 0.05) is 5.02 Å². The van der Waals surface area contributed by atoms with Gasteiger partial charge in [0.05, 0.1) is 24.2 Å². The standard InChI is InChI=1S/C15H13Cl2NO2/c1-20-12-5-2-10(3-6-12)8-15(19)18-14-9-11(16)4-7-13(14)17/h2-7,9H,8H2,1H3,(H,18,19). The van der Waals surface area contributed by atoms with E-state index in [9.17, 15) is 4.79 Å². The van der Waals surface area contributed by atoms with Crippen LogP contribution in [0.2, 0.25) is 10.0 Å². The number of carbonyl (C=O) groups is 1. The lowest BCUT2D eigenvalue weighted by Crippen LogP contribution is -2.14. The molecule has 1 N–H and O–H groups in total. The Morgan fingerprint density at radius 2 is 1.85 bits per heavy atom. The second-order valence-corrected chi connectivity index (χ2v) is 5.04. The Bertz CT molecular complexity index is 612. The van der Waals surface area contributed by atoms with Crippen molar-refractivity contribution >= 4 is 34.8 Å². The van der Waals surface area contributed by atoms with Crippen LogP contribution in [0.4, 0.5) is 5.69 Å². The van der Waals surface area contributed by atoms with Gasteiger partial charge in [0.2, 0.25) is 5.91 Å². The third kappa shape index (κ3) is 3.89. The zero-order valence-electron chi connectivity index (χ0n) is 10.8. The van der Waals surface area contributed by atoms with Crippen LogP contribution < -0.4 is 10.1 Å². The molecule has 0 bridgehead atoms. The molecular formula is C15H13Cl2NO2. The quantitative estimate of drug-likeness (QED) is 0.920. The number of ether oxygens (including phenoxy) is 1. The molecule has 0 fully saturated rings. The highest BCUT2D eigenvalue weighted by Gasteiger charge is 2.07. The molecular weight excluding hydrogens is 297 g/mol. The number of benzene rings is 2. The fraction of sp³-hybridized carbons (Fsp3) is 0.133. The summed E-state index contributed by atoms with van der Waals surface area (Å²) in [5.74, 6) is 0.603. The molecule has 0 unspecified atom stereocenters. The maximum Gasteiger partial charge on any atom is 0.228 e. The number of methoxy groups -OCH3 is 1. The van der Waals surface area contributed by atoms with E-state index >= 15 is 0 Å². The van der Waals surface area contributed by atoms with Crippen molar-refractivity contribution in [2.24, 2.45) is 0 Å². The van der Waals surface area contributed by atoms with Crippen molar-refractivity contribution < 1.29 is 9.53 Å². The van der Waals surface area contributed by atoms with Crippen LogP contribution in [-0.4, -0.2) is 13.0 Å². The van der Waals surface area contributed by atoms with Gasteiger partial charge in [-0.05, 0) is 35.9 Å². The molecule has 0 saturated heterocycles. The first kappa shape index (κ1) is 14.7. The molecule has 3 nitrogen and oxygen atoms in total. The minimum Gasteiger partial charge on any atom is -0.497 e. The van der Waals surface area contributed by atoms with E-state index in [1.807, 2.05) is 24.3 Å². The van der Waals surface area contributed by atoms with Crippen LogP contribution in [0.1, 0.15) is 5.56 Å². The number of amides is 1. The van der Waals surface area contributed by atoms with E-state index in [1.54, 1.807) is 25.3 Å². The fourth-order valence-electron chi connectivity index (χ4n) is 1.72. The summed E-state index contributed by atoms with van der Waals surface area (Å²) in [5.41, 5.74) is 1.40. The van der Waals surface area contributed by atoms with Crippen LogP contribution in [0.25, 0.3) is 0 Å². The predicted octanol–water partition coefficient (Wildman–Crippen LogP) is 4.18. The first-order valence-corrected chi connectivity index (χ1v) is 6.72. The van der Waals surface area contributed by atoms with Crippen LogP contribution in [0, 0.1) is 0 Å². The van der Waals surface area contributed by atoms with Crippen molar-refractivity contribution in [3.63, 3.8) is 0 Å². The summed E-state index contributed by atoms with van der Waals surface area (Å²) in [6.45, 7) is 0.